The summed E-state index contributed by atoms with van der Waals surface area (Å²) >= 11 is 0. The molecule has 63 valence electrons. The zero-order chi connectivity index (χ0) is 8.10. The van der Waals surface area contributed by atoms with E-state index in [1.54, 1.807) is 5.92 Å². The molecule has 1 radical (unpaired) electrons. The number of allylic oxidation sites excluding steroid dienone is 2. The molecule has 1 aliphatic carbocycles. The summed E-state index contributed by atoms with van der Waals surface area (Å²) in [4.78, 5) is 0. The van der Waals surface area contributed by atoms with Gasteiger partial charge in [-0.2, -0.15) is 0 Å². The predicted molar refractivity (Wildman–Crippen MR) is 50.3 cm³/mol. The van der Waals surface area contributed by atoms with E-state index >= 15 is 0 Å². The Morgan fingerprint density at radius 2 is 2.27 bits per heavy atom. The minimum atomic E-state index is 0.794. The zero-order valence-electron chi connectivity index (χ0n) is 7.77. The van der Waals surface area contributed by atoms with E-state index < -0.39 is 0 Å². The van der Waals surface area contributed by atoms with E-state index in [0.29, 0.717) is 0 Å². The van der Waals surface area contributed by atoms with Gasteiger partial charge in [-0.1, -0.05) is 32.4 Å². The molecule has 0 aromatic heterocycles. The fraction of sp³-hybridized carbons (Fsp3) is 0.727. The van der Waals surface area contributed by atoms with Gasteiger partial charge in [-0.3, -0.25) is 0 Å². The van der Waals surface area contributed by atoms with Crippen molar-refractivity contribution in [2.75, 3.05) is 0 Å². The van der Waals surface area contributed by atoms with Crippen molar-refractivity contribution in [2.24, 2.45) is 5.92 Å². The molecular formula is C11H19. The van der Waals surface area contributed by atoms with Crippen molar-refractivity contribution in [1.82, 2.24) is 0 Å². The zero-order valence-corrected chi connectivity index (χ0v) is 7.77. The molecule has 0 spiro atoms. The Bertz CT molecular complexity index is 124. The average Bonchev–Trinajstić information content (AvgIpc) is 2.30. The van der Waals surface area contributed by atoms with Crippen molar-refractivity contribution in [3.8, 4) is 0 Å². The van der Waals surface area contributed by atoms with E-state index in [0.717, 1.165) is 5.92 Å². The Balaban J connectivity index is 2.41. The number of hydrogen-bond acceptors (Lipinski definition) is 0. The van der Waals surface area contributed by atoms with Gasteiger partial charge < -0.3 is 0 Å². The summed E-state index contributed by atoms with van der Waals surface area (Å²) in [5, 5.41) is 0. The Morgan fingerprint density at radius 3 is 3.00 bits per heavy atom. The highest BCUT2D eigenvalue weighted by molar-refractivity contribution is 5.04. The van der Waals surface area contributed by atoms with Gasteiger partial charge in [0.25, 0.3) is 0 Å². The molecule has 1 unspecified atom stereocenters. The van der Waals surface area contributed by atoms with Gasteiger partial charge in [-0.15, -0.1) is 0 Å². The van der Waals surface area contributed by atoms with Crippen molar-refractivity contribution in [3.05, 3.63) is 18.1 Å². The lowest BCUT2D eigenvalue weighted by Gasteiger charge is -2.16. The van der Waals surface area contributed by atoms with Crippen molar-refractivity contribution in [2.45, 2.75) is 46.0 Å². The van der Waals surface area contributed by atoms with Crippen LogP contribution >= 0.6 is 0 Å². The van der Waals surface area contributed by atoms with E-state index in [-0.39, 0.29) is 0 Å². The molecule has 0 heteroatoms. The molecule has 1 aliphatic rings. The molecule has 1 atom stereocenters. The van der Waals surface area contributed by atoms with Gasteiger partial charge in [0.1, 0.15) is 0 Å². The van der Waals surface area contributed by atoms with E-state index in [1.165, 1.54) is 32.1 Å². The molecule has 0 nitrogen and oxygen atoms in total. The van der Waals surface area contributed by atoms with E-state index in [2.05, 4.69) is 26.0 Å². The summed E-state index contributed by atoms with van der Waals surface area (Å²) in [6.45, 7) is 4.55. The lowest BCUT2D eigenvalue weighted by Crippen LogP contribution is -2.04. The largest absolute Gasteiger partial charge is 0.0882 e. The van der Waals surface area contributed by atoms with Crippen LogP contribution in [-0.2, 0) is 0 Å². The summed E-state index contributed by atoms with van der Waals surface area (Å²) in [5.41, 5.74) is 0. The minimum absolute atomic E-state index is 0.794. The first-order chi connectivity index (χ1) is 5.34. The molecular weight excluding hydrogens is 132 g/mol. The summed E-state index contributed by atoms with van der Waals surface area (Å²) in [7, 11) is 0. The topological polar surface area (TPSA) is 0 Å². The molecule has 1 rings (SSSR count). The molecule has 0 aromatic rings. The van der Waals surface area contributed by atoms with Gasteiger partial charge in [-0.25, -0.2) is 0 Å². The molecule has 0 N–H and O–H groups in total. The fourth-order valence-corrected chi connectivity index (χ4v) is 1.66. The highest BCUT2D eigenvalue weighted by Gasteiger charge is 2.13. The second-order valence-electron chi connectivity index (χ2n) is 3.52. The van der Waals surface area contributed by atoms with Crippen LogP contribution < -0.4 is 0 Å². The molecule has 11 heavy (non-hydrogen) atoms. The summed E-state index contributed by atoms with van der Waals surface area (Å²) in [5.74, 6) is 2.45. The molecule has 0 aliphatic heterocycles. The first-order valence-electron chi connectivity index (χ1n) is 4.83. The Morgan fingerprint density at radius 1 is 1.45 bits per heavy atom. The molecule has 0 bridgehead atoms. The average molecular weight is 151 g/mol. The third kappa shape index (κ3) is 2.69. The standard InChI is InChI=1S/C11H19/c1-3-10(2)11-8-6-4-5-7-9-11/h6,8,11H,3-5,7,9H2,1-2H3. The highest BCUT2D eigenvalue weighted by atomic mass is 14.2. The predicted octanol–water partition coefficient (Wildman–Crippen LogP) is 3.74. The van der Waals surface area contributed by atoms with Crippen LogP contribution in [0, 0.1) is 11.8 Å². The third-order valence-electron chi connectivity index (χ3n) is 2.69. The molecule has 0 heterocycles. The molecule has 0 amide bonds. The second kappa shape index (κ2) is 4.58. The quantitative estimate of drug-likeness (QED) is 0.527. The van der Waals surface area contributed by atoms with Crippen LogP contribution in [0.3, 0.4) is 0 Å². The maximum Gasteiger partial charge on any atom is -0.0174 e. The van der Waals surface area contributed by atoms with Crippen LogP contribution in [0.1, 0.15) is 46.0 Å². The third-order valence-corrected chi connectivity index (χ3v) is 2.69. The fourth-order valence-electron chi connectivity index (χ4n) is 1.66. The SMILES string of the molecule is CC[C](C)C1C=CCCCC1. The summed E-state index contributed by atoms with van der Waals surface area (Å²) in [6.07, 6.45) is 11.5. The van der Waals surface area contributed by atoms with Gasteiger partial charge in [-0.05, 0) is 37.5 Å². The van der Waals surface area contributed by atoms with Gasteiger partial charge >= 0.3 is 0 Å². The maximum atomic E-state index is 2.41. The van der Waals surface area contributed by atoms with Crippen molar-refractivity contribution < 1.29 is 0 Å². The van der Waals surface area contributed by atoms with Crippen LogP contribution in [-0.4, -0.2) is 0 Å². The smallest absolute Gasteiger partial charge is 0.0174 e. The van der Waals surface area contributed by atoms with Crippen molar-refractivity contribution in [1.29, 1.82) is 0 Å². The number of hydrogen-bond donors (Lipinski definition) is 0. The van der Waals surface area contributed by atoms with E-state index in [4.69, 9.17) is 0 Å². The normalized spacial score (nSPS) is 25.5. The van der Waals surface area contributed by atoms with Gasteiger partial charge in [0, 0.05) is 0 Å². The molecule has 0 saturated heterocycles. The molecule has 0 fully saturated rings. The first kappa shape index (κ1) is 8.83. The lowest BCUT2D eigenvalue weighted by atomic mass is 9.88. The second-order valence-corrected chi connectivity index (χ2v) is 3.52. The minimum Gasteiger partial charge on any atom is -0.0882 e. The molecule has 0 saturated carbocycles. The van der Waals surface area contributed by atoms with Gasteiger partial charge in [0.05, 0.1) is 0 Å². The lowest BCUT2D eigenvalue weighted by molar-refractivity contribution is 0.554. The van der Waals surface area contributed by atoms with Crippen LogP contribution in [0.15, 0.2) is 12.2 Å². The number of rotatable bonds is 2. The Kier molecular flexibility index (Phi) is 3.68. The van der Waals surface area contributed by atoms with Crippen LogP contribution in [0.5, 0.6) is 0 Å². The maximum absolute atomic E-state index is 2.41. The van der Waals surface area contributed by atoms with E-state index in [9.17, 15) is 0 Å². The Labute approximate surface area is 70.7 Å². The van der Waals surface area contributed by atoms with Gasteiger partial charge in [0.2, 0.25) is 0 Å². The highest BCUT2D eigenvalue weighted by Crippen LogP contribution is 2.27. The van der Waals surface area contributed by atoms with Crippen LogP contribution in [0.25, 0.3) is 0 Å². The molecule has 0 aromatic carbocycles. The van der Waals surface area contributed by atoms with Crippen LogP contribution in [0.4, 0.5) is 0 Å². The Hall–Kier alpha value is -0.260. The summed E-state index contributed by atoms with van der Waals surface area (Å²) < 4.78 is 0. The van der Waals surface area contributed by atoms with Gasteiger partial charge in [0.15, 0.2) is 0 Å². The first-order valence-corrected chi connectivity index (χ1v) is 4.83. The van der Waals surface area contributed by atoms with Crippen LogP contribution in [0.2, 0.25) is 0 Å². The van der Waals surface area contributed by atoms with Crippen molar-refractivity contribution >= 4 is 0 Å². The van der Waals surface area contributed by atoms with Crippen molar-refractivity contribution in [3.63, 3.8) is 0 Å². The summed E-state index contributed by atoms with van der Waals surface area (Å²) in [6, 6.07) is 0. The van der Waals surface area contributed by atoms with E-state index in [1.807, 2.05) is 0 Å². The monoisotopic (exact) mass is 151 g/mol.